The number of hydrogen-bond acceptors (Lipinski definition) is 5. The zero-order chi connectivity index (χ0) is 22.4. The van der Waals surface area contributed by atoms with Gasteiger partial charge in [-0.25, -0.2) is 0 Å². The van der Waals surface area contributed by atoms with Crippen molar-refractivity contribution in [1.82, 2.24) is 5.32 Å². The average molecular weight is 467 g/mol. The number of rotatable bonds is 8. The second-order valence-electron chi connectivity index (χ2n) is 7.33. The van der Waals surface area contributed by atoms with Crippen LogP contribution in [0.1, 0.15) is 28.8 Å². The molecule has 1 saturated heterocycles. The molecule has 0 unspecified atom stereocenters. The summed E-state index contributed by atoms with van der Waals surface area (Å²) in [4.78, 5) is 23.9. The van der Waals surface area contributed by atoms with E-state index in [0.29, 0.717) is 30.3 Å². The number of nitrogens with two attached hydrogens (primary N) is 1. The molecule has 2 aromatic rings. The first-order chi connectivity index (χ1) is 14.8. The summed E-state index contributed by atoms with van der Waals surface area (Å²) in [5.41, 5.74) is 6.27. The molecule has 1 aliphatic heterocycles. The number of benzene rings is 2. The van der Waals surface area contributed by atoms with Crippen LogP contribution in [-0.4, -0.2) is 45.3 Å². The average Bonchev–Trinajstić information content (AvgIpc) is 2.77. The first-order valence-corrected chi connectivity index (χ1v) is 10.5. The SMILES string of the molecule is COc1cc(C(=O)NCC2(c3ccc(Cl)cc3)CCOCC2)cc(Cl)c1OCC(N)=O. The summed E-state index contributed by atoms with van der Waals surface area (Å²) in [5, 5.41) is 3.82. The number of amides is 2. The minimum atomic E-state index is -0.649. The molecule has 7 nitrogen and oxygen atoms in total. The molecule has 9 heteroatoms. The third kappa shape index (κ3) is 5.61. The third-order valence-corrected chi connectivity index (χ3v) is 5.88. The van der Waals surface area contributed by atoms with Crippen molar-refractivity contribution in [2.24, 2.45) is 5.73 Å². The first kappa shape index (κ1) is 23.2. The Labute approximate surface area is 190 Å². The van der Waals surface area contributed by atoms with Crippen LogP contribution < -0.4 is 20.5 Å². The van der Waals surface area contributed by atoms with Crippen molar-refractivity contribution in [3.8, 4) is 11.5 Å². The lowest BCUT2D eigenvalue weighted by atomic mass is 9.74. The third-order valence-electron chi connectivity index (χ3n) is 5.34. The van der Waals surface area contributed by atoms with Gasteiger partial charge in [0.15, 0.2) is 18.1 Å². The predicted molar refractivity (Wildman–Crippen MR) is 118 cm³/mol. The van der Waals surface area contributed by atoms with Gasteiger partial charge in [-0.2, -0.15) is 0 Å². The highest BCUT2D eigenvalue weighted by Gasteiger charge is 2.35. The molecule has 3 N–H and O–H groups in total. The van der Waals surface area contributed by atoms with Gasteiger partial charge in [0.25, 0.3) is 11.8 Å². The number of nitrogens with one attached hydrogen (secondary N) is 1. The predicted octanol–water partition coefficient (Wildman–Crippen LogP) is 3.34. The van der Waals surface area contributed by atoms with E-state index in [-0.39, 0.29) is 34.5 Å². The molecule has 31 heavy (non-hydrogen) atoms. The Morgan fingerprint density at radius 2 is 1.84 bits per heavy atom. The molecule has 0 radical (unpaired) electrons. The topological polar surface area (TPSA) is 99.9 Å². The van der Waals surface area contributed by atoms with Crippen LogP contribution in [0.5, 0.6) is 11.5 Å². The molecule has 1 aliphatic rings. The van der Waals surface area contributed by atoms with Crippen molar-refractivity contribution in [1.29, 1.82) is 0 Å². The molecule has 166 valence electrons. The van der Waals surface area contributed by atoms with Crippen LogP contribution in [0.2, 0.25) is 10.0 Å². The van der Waals surface area contributed by atoms with Crippen molar-refractivity contribution >= 4 is 35.0 Å². The zero-order valence-corrected chi connectivity index (χ0v) is 18.6. The van der Waals surface area contributed by atoms with Crippen LogP contribution in [-0.2, 0) is 14.9 Å². The van der Waals surface area contributed by atoms with Crippen LogP contribution in [0.4, 0.5) is 0 Å². The number of carbonyl (C=O) groups excluding carboxylic acids is 2. The molecule has 1 fully saturated rings. The van der Waals surface area contributed by atoms with Gasteiger partial charge < -0.3 is 25.3 Å². The maximum atomic E-state index is 12.9. The molecule has 2 amide bonds. The number of methoxy groups -OCH3 is 1. The molecule has 0 bridgehead atoms. The molecule has 0 saturated carbocycles. The van der Waals surface area contributed by atoms with E-state index >= 15 is 0 Å². The smallest absolute Gasteiger partial charge is 0.255 e. The number of ether oxygens (including phenoxy) is 3. The fourth-order valence-electron chi connectivity index (χ4n) is 3.62. The Balaban J connectivity index is 1.78. The van der Waals surface area contributed by atoms with Gasteiger partial charge in [0.2, 0.25) is 0 Å². The van der Waals surface area contributed by atoms with Crippen LogP contribution in [0.25, 0.3) is 0 Å². The molecule has 0 spiro atoms. The van der Waals surface area contributed by atoms with E-state index in [1.165, 1.54) is 19.2 Å². The van der Waals surface area contributed by atoms with Crippen molar-refractivity contribution in [2.45, 2.75) is 18.3 Å². The summed E-state index contributed by atoms with van der Waals surface area (Å²) >= 11 is 12.3. The van der Waals surface area contributed by atoms with E-state index in [1.807, 2.05) is 24.3 Å². The molecule has 1 heterocycles. The molecule has 0 atom stereocenters. The van der Waals surface area contributed by atoms with Crippen LogP contribution in [0.3, 0.4) is 0 Å². The Morgan fingerprint density at radius 3 is 2.45 bits per heavy atom. The van der Waals surface area contributed by atoms with Gasteiger partial charge >= 0.3 is 0 Å². The molecule has 2 aromatic carbocycles. The second-order valence-corrected chi connectivity index (χ2v) is 8.17. The van der Waals surface area contributed by atoms with E-state index in [1.54, 1.807) is 0 Å². The Hall–Kier alpha value is -2.48. The van der Waals surface area contributed by atoms with E-state index in [9.17, 15) is 9.59 Å². The maximum Gasteiger partial charge on any atom is 0.255 e. The second kappa shape index (κ2) is 10.2. The summed E-state index contributed by atoms with van der Waals surface area (Å²) in [6.45, 7) is 1.30. The van der Waals surface area contributed by atoms with Gasteiger partial charge in [-0.1, -0.05) is 35.3 Å². The lowest BCUT2D eigenvalue weighted by molar-refractivity contribution is -0.119. The van der Waals surface area contributed by atoms with Crippen LogP contribution in [0, 0.1) is 0 Å². The van der Waals surface area contributed by atoms with Crippen molar-refractivity contribution in [3.63, 3.8) is 0 Å². The molecular formula is C22H24Cl2N2O5. The molecular weight excluding hydrogens is 443 g/mol. The van der Waals surface area contributed by atoms with E-state index in [0.717, 1.165) is 18.4 Å². The number of carbonyl (C=O) groups is 2. The first-order valence-electron chi connectivity index (χ1n) is 9.75. The minimum absolute atomic E-state index is 0.143. The van der Waals surface area contributed by atoms with Crippen LogP contribution in [0.15, 0.2) is 36.4 Å². The number of primary amides is 1. The highest BCUT2D eigenvalue weighted by molar-refractivity contribution is 6.32. The standard InChI is InChI=1S/C22H24Cl2N2O5/c1-29-18-11-14(10-17(24)20(18)31-12-19(25)27)21(28)26-13-22(6-8-30-9-7-22)15-2-4-16(23)5-3-15/h2-5,10-11H,6-9,12-13H2,1H3,(H2,25,27)(H,26,28). The molecule has 0 aromatic heterocycles. The summed E-state index contributed by atoms with van der Waals surface area (Å²) in [6.07, 6.45) is 1.55. The number of hydrogen-bond donors (Lipinski definition) is 2. The zero-order valence-electron chi connectivity index (χ0n) is 17.1. The Kier molecular flexibility index (Phi) is 7.64. The number of halogens is 2. The fourth-order valence-corrected chi connectivity index (χ4v) is 4.01. The quantitative estimate of drug-likeness (QED) is 0.621. The fraction of sp³-hybridized carbons (Fsp3) is 0.364. The molecule has 3 rings (SSSR count). The van der Waals surface area contributed by atoms with E-state index in [4.69, 9.17) is 43.1 Å². The van der Waals surface area contributed by atoms with Gasteiger partial charge in [0.1, 0.15) is 0 Å². The monoisotopic (exact) mass is 466 g/mol. The highest BCUT2D eigenvalue weighted by Crippen LogP contribution is 2.37. The van der Waals surface area contributed by atoms with Crippen molar-refractivity contribution < 1.29 is 23.8 Å². The molecule has 0 aliphatic carbocycles. The van der Waals surface area contributed by atoms with Crippen molar-refractivity contribution in [3.05, 3.63) is 57.6 Å². The van der Waals surface area contributed by atoms with Gasteiger partial charge in [-0.05, 0) is 42.7 Å². The summed E-state index contributed by atoms with van der Waals surface area (Å²) in [5.74, 6) is -0.565. The minimum Gasteiger partial charge on any atom is -0.493 e. The Bertz CT molecular complexity index is 944. The maximum absolute atomic E-state index is 12.9. The summed E-state index contributed by atoms with van der Waals surface area (Å²) < 4.78 is 16.1. The summed E-state index contributed by atoms with van der Waals surface area (Å²) in [6, 6.07) is 10.7. The Morgan fingerprint density at radius 1 is 1.16 bits per heavy atom. The normalized spacial score (nSPS) is 15.2. The van der Waals surface area contributed by atoms with Gasteiger partial charge in [-0.3, -0.25) is 9.59 Å². The van der Waals surface area contributed by atoms with Gasteiger partial charge in [0, 0.05) is 35.8 Å². The van der Waals surface area contributed by atoms with E-state index < -0.39 is 5.91 Å². The van der Waals surface area contributed by atoms with Crippen LogP contribution >= 0.6 is 23.2 Å². The van der Waals surface area contributed by atoms with E-state index in [2.05, 4.69) is 5.32 Å². The van der Waals surface area contributed by atoms with Crippen molar-refractivity contribution in [2.75, 3.05) is 33.5 Å². The highest BCUT2D eigenvalue weighted by atomic mass is 35.5. The lowest BCUT2D eigenvalue weighted by Gasteiger charge is -2.38. The summed E-state index contributed by atoms with van der Waals surface area (Å²) in [7, 11) is 1.42. The van der Waals surface area contributed by atoms with Gasteiger partial charge in [0.05, 0.1) is 12.1 Å². The largest absolute Gasteiger partial charge is 0.493 e. The van der Waals surface area contributed by atoms with Gasteiger partial charge in [-0.15, -0.1) is 0 Å². The lowest BCUT2D eigenvalue weighted by Crippen LogP contribution is -2.44.